The molecule has 0 radical (unpaired) electrons. The Morgan fingerprint density at radius 2 is 1.83 bits per heavy atom. The first kappa shape index (κ1) is 19.1. The number of carbonyl (C=O) groups excluding carboxylic acids is 1. The monoisotopic (exact) mass is 416 g/mol. The number of nitrogens with two attached hydrogens (primary N) is 2. The molecule has 0 aliphatic rings. The maximum Gasteiger partial charge on any atom is 0.416 e. The first-order valence-corrected chi connectivity index (χ1v) is 8.82. The number of nitrogen functional groups attached to an aromatic ring is 1. The van der Waals surface area contributed by atoms with Gasteiger partial charge in [0.25, 0.3) is 5.24 Å². The SMILES string of the molecule is CSc1c(SC(N)=O)nn(-c2c(Cl)cc(C(F)(F)F)cc2Cl)c1N. The lowest BCUT2D eigenvalue weighted by Crippen LogP contribution is -2.08. The van der Waals surface area contributed by atoms with Gasteiger partial charge < -0.3 is 11.5 Å². The Kier molecular flexibility index (Phi) is 5.53. The number of rotatable bonds is 3. The Labute approximate surface area is 152 Å². The van der Waals surface area contributed by atoms with E-state index in [1.807, 2.05) is 0 Å². The first-order chi connectivity index (χ1) is 11.1. The zero-order chi connectivity index (χ0) is 18.2. The number of thioether (sulfide) groups is 2. The highest BCUT2D eigenvalue weighted by atomic mass is 35.5. The van der Waals surface area contributed by atoms with Gasteiger partial charge in [-0.3, -0.25) is 4.79 Å². The highest BCUT2D eigenvalue weighted by molar-refractivity contribution is 8.14. The minimum atomic E-state index is -4.60. The van der Waals surface area contributed by atoms with E-state index in [0.717, 1.165) is 16.8 Å². The summed E-state index contributed by atoms with van der Waals surface area (Å²) >= 11 is 13.7. The molecule has 1 heterocycles. The van der Waals surface area contributed by atoms with Crippen LogP contribution in [0, 0.1) is 0 Å². The molecule has 0 aliphatic carbocycles. The average Bonchev–Trinajstić information content (AvgIpc) is 2.72. The van der Waals surface area contributed by atoms with Gasteiger partial charge in [0.2, 0.25) is 0 Å². The largest absolute Gasteiger partial charge is 0.416 e. The Balaban J connectivity index is 2.65. The number of anilines is 1. The van der Waals surface area contributed by atoms with Crippen molar-refractivity contribution in [2.45, 2.75) is 16.1 Å². The van der Waals surface area contributed by atoms with Crippen molar-refractivity contribution in [1.82, 2.24) is 9.78 Å². The lowest BCUT2D eigenvalue weighted by molar-refractivity contribution is -0.137. The minimum Gasteiger partial charge on any atom is -0.383 e. The fraction of sp³-hybridized carbons (Fsp3) is 0.167. The molecule has 24 heavy (non-hydrogen) atoms. The lowest BCUT2D eigenvalue weighted by Gasteiger charge is -2.13. The average molecular weight is 417 g/mol. The van der Waals surface area contributed by atoms with Crippen LogP contribution in [0.25, 0.3) is 5.69 Å². The second-order valence-electron chi connectivity index (χ2n) is 4.34. The molecule has 5 nitrogen and oxygen atoms in total. The van der Waals surface area contributed by atoms with Gasteiger partial charge in [0.05, 0.1) is 20.5 Å². The van der Waals surface area contributed by atoms with Gasteiger partial charge in [-0.15, -0.1) is 11.8 Å². The van der Waals surface area contributed by atoms with E-state index in [0.29, 0.717) is 16.7 Å². The highest BCUT2D eigenvalue weighted by Gasteiger charge is 2.33. The van der Waals surface area contributed by atoms with Crippen LogP contribution in [0.15, 0.2) is 22.1 Å². The Bertz CT molecular complexity index is 787. The van der Waals surface area contributed by atoms with Crippen molar-refractivity contribution in [3.8, 4) is 5.69 Å². The van der Waals surface area contributed by atoms with Gasteiger partial charge >= 0.3 is 6.18 Å². The molecule has 0 aliphatic heterocycles. The summed E-state index contributed by atoms with van der Waals surface area (Å²) in [4.78, 5) is 11.5. The summed E-state index contributed by atoms with van der Waals surface area (Å²) < 4.78 is 39.5. The standard InChI is InChI=1S/C12H9Cl2F3N4OS2/c1-23-8-9(18)21(20-10(8)24-11(19)22)7-5(13)2-4(3-6(7)14)12(15,16)17/h2-3H,18H2,1H3,(H2,19,22). The Hall–Kier alpha value is -1.23. The van der Waals surface area contributed by atoms with Crippen molar-refractivity contribution in [2.24, 2.45) is 5.73 Å². The second kappa shape index (κ2) is 6.95. The molecule has 12 heteroatoms. The van der Waals surface area contributed by atoms with Crippen LogP contribution in [0.3, 0.4) is 0 Å². The van der Waals surface area contributed by atoms with Crippen LogP contribution in [0.4, 0.5) is 23.8 Å². The van der Waals surface area contributed by atoms with E-state index < -0.39 is 17.0 Å². The minimum absolute atomic E-state index is 0.0181. The van der Waals surface area contributed by atoms with Gasteiger partial charge in [0, 0.05) is 0 Å². The fourth-order valence-electron chi connectivity index (χ4n) is 1.85. The predicted molar refractivity (Wildman–Crippen MR) is 90.2 cm³/mol. The van der Waals surface area contributed by atoms with Crippen LogP contribution >= 0.6 is 46.7 Å². The molecule has 0 atom stereocenters. The van der Waals surface area contributed by atoms with Gasteiger partial charge in [-0.2, -0.15) is 18.3 Å². The maximum atomic E-state index is 12.8. The van der Waals surface area contributed by atoms with Crippen molar-refractivity contribution < 1.29 is 18.0 Å². The van der Waals surface area contributed by atoms with Crippen molar-refractivity contribution in [2.75, 3.05) is 12.0 Å². The smallest absolute Gasteiger partial charge is 0.383 e. The van der Waals surface area contributed by atoms with E-state index in [1.165, 1.54) is 11.8 Å². The molecule has 0 unspecified atom stereocenters. The number of benzene rings is 1. The van der Waals surface area contributed by atoms with E-state index in [1.54, 1.807) is 6.26 Å². The van der Waals surface area contributed by atoms with E-state index in [2.05, 4.69) is 5.10 Å². The van der Waals surface area contributed by atoms with E-state index >= 15 is 0 Å². The summed E-state index contributed by atoms with van der Waals surface area (Å²) in [7, 11) is 0. The molecule has 0 saturated carbocycles. The van der Waals surface area contributed by atoms with Crippen LogP contribution in [-0.4, -0.2) is 21.3 Å². The van der Waals surface area contributed by atoms with E-state index in [4.69, 9.17) is 34.7 Å². The normalized spacial score (nSPS) is 11.8. The molecule has 0 fully saturated rings. The number of hydrogen-bond donors (Lipinski definition) is 2. The number of alkyl halides is 3. The lowest BCUT2D eigenvalue weighted by atomic mass is 10.2. The molecule has 0 saturated heterocycles. The van der Waals surface area contributed by atoms with E-state index in [9.17, 15) is 18.0 Å². The number of amides is 1. The van der Waals surface area contributed by atoms with Crippen molar-refractivity contribution in [3.63, 3.8) is 0 Å². The van der Waals surface area contributed by atoms with Gasteiger partial charge in [-0.25, -0.2) is 4.68 Å². The molecule has 1 aromatic carbocycles. The van der Waals surface area contributed by atoms with Crippen molar-refractivity contribution in [3.05, 3.63) is 27.7 Å². The van der Waals surface area contributed by atoms with E-state index in [-0.39, 0.29) is 26.6 Å². The third-order valence-electron chi connectivity index (χ3n) is 2.80. The number of nitrogens with zero attached hydrogens (tertiary/aromatic N) is 2. The van der Waals surface area contributed by atoms with Crippen molar-refractivity contribution in [1.29, 1.82) is 0 Å². The predicted octanol–water partition coefficient (Wildman–Crippen LogP) is 4.67. The molecule has 0 bridgehead atoms. The molecule has 4 N–H and O–H groups in total. The summed E-state index contributed by atoms with van der Waals surface area (Å²) in [6, 6.07) is 1.45. The van der Waals surface area contributed by atoms with Gasteiger partial charge in [0.15, 0.2) is 0 Å². The zero-order valence-corrected chi connectivity index (χ0v) is 15.0. The third kappa shape index (κ3) is 3.71. The highest BCUT2D eigenvalue weighted by Crippen LogP contribution is 2.41. The topological polar surface area (TPSA) is 86.9 Å². The number of carbonyl (C=O) groups is 1. The summed E-state index contributed by atoms with van der Waals surface area (Å²) in [6.45, 7) is 0. The van der Waals surface area contributed by atoms with Gasteiger partial charge in [0.1, 0.15) is 16.5 Å². The Morgan fingerprint density at radius 1 is 1.29 bits per heavy atom. The maximum absolute atomic E-state index is 12.8. The van der Waals surface area contributed by atoms with Crippen LogP contribution in [0.5, 0.6) is 0 Å². The number of aromatic nitrogens is 2. The molecule has 0 spiro atoms. The summed E-state index contributed by atoms with van der Waals surface area (Å²) in [5.74, 6) is 0.0785. The molecule has 2 rings (SSSR count). The van der Waals surface area contributed by atoms with Crippen LogP contribution in [0.2, 0.25) is 10.0 Å². The molecule has 130 valence electrons. The summed E-state index contributed by atoms with van der Waals surface area (Å²) in [5, 5.41) is 3.02. The number of primary amides is 1. The molecule has 1 aromatic heterocycles. The Morgan fingerprint density at radius 3 is 2.25 bits per heavy atom. The van der Waals surface area contributed by atoms with Crippen LogP contribution in [-0.2, 0) is 6.18 Å². The van der Waals surface area contributed by atoms with Gasteiger partial charge in [-0.1, -0.05) is 23.2 Å². The fourth-order valence-corrected chi connectivity index (χ4v) is 3.90. The molecule has 1 amide bonds. The molecular weight excluding hydrogens is 408 g/mol. The summed E-state index contributed by atoms with van der Waals surface area (Å²) in [5.41, 5.74) is 10.1. The first-order valence-electron chi connectivity index (χ1n) is 6.02. The molecule has 2 aromatic rings. The summed E-state index contributed by atoms with van der Waals surface area (Å²) in [6.07, 6.45) is -2.91. The van der Waals surface area contributed by atoms with Crippen LogP contribution in [0.1, 0.15) is 5.56 Å². The third-order valence-corrected chi connectivity index (χ3v) is 5.00. The second-order valence-corrected chi connectivity index (χ2v) is 6.97. The molecular formula is C12H9Cl2F3N4OS2. The van der Waals surface area contributed by atoms with Gasteiger partial charge in [-0.05, 0) is 30.2 Å². The van der Waals surface area contributed by atoms with Crippen LogP contribution < -0.4 is 11.5 Å². The zero-order valence-electron chi connectivity index (χ0n) is 11.8. The number of hydrogen-bond acceptors (Lipinski definition) is 5. The van der Waals surface area contributed by atoms with Crippen molar-refractivity contribution >= 4 is 57.8 Å². The number of halogens is 5. The quantitative estimate of drug-likeness (QED) is 0.709.